The van der Waals surface area contributed by atoms with E-state index in [0.29, 0.717) is 0 Å². The van der Waals surface area contributed by atoms with Crippen LogP contribution in [0.2, 0.25) is 0 Å². The highest BCUT2D eigenvalue weighted by atomic mass is 16.2. The molecule has 0 bridgehead atoms. The standard InChI is InChI=1S/C8H7O/c9-7-6-8-4-2-1-3-5-8/h1-2,4-7,9H. The third-order valence-electron chi connectivity index (χ3n) is 0.998. The molecular weight excluding hydrogens is 112 g/mol. The van der Waals surface area contributed by atoms with E-state index in [0.717, 1.165) is 11.8 Å². The van der Waals surface area contributed by atoms with Crippen molar-refractivity contribution < 1.29 is 5.11 Å². The summed E-state index contributed by atoms with van der Waals surface area (Å²) in [7, 11) is 0. The molecule has 0 spiro atoms. The molecule has 0 heterocycles. The maximum atomic E-state index is 8.33. The zero-order valence-electron chi connectivity index (χ0n) is 4.91. The molecule has 1 nitrogen and oxygen atoms in total. The molecule has 0 fully saturated rings. The molecular formula is C8H7O. The van der Waals surface area contributed by atoms with Gasteiger partial charge >= 0.3 is 0 Å². The largest absolute Gasteiger partial charge is 0.516 e. The van der Waals surface area contributed by atoms with Gasteiger partial charge in [0.15, 0.2) is 0 Å². The van der Waals surface area contributed by atoms with Crippen LogP contribution in [0.15, 0.2) is 30.5 Å². The summed E-state index contributed by atoms with van der Waals surface area (Å²) in [5, 5.41) is 8.33. The van der Waals surface area contributed by atoms with E-state index in [1.165, 1.54) is 0 Å². The van der Waals surface area contributed by atoms with Crippen LogP contribution in [0.25, 0.3) is 6.08 Å². The van der Waals surface area contributed by atoms with Crippen LogP contribution in [0, 0.1) is 6.07 Å². The van der Waals surface area contributed by atoms with Gasteiger partial charge in [-0.15, -0.1) is 0 Å². The number of rotatable bonds is 1. The summed E-state index contributed by atoms with van der Waals surface area (Å²) >= 11 is 0. The summed E-state index contributed by atoms with van der Waals surface area (Å²) in [6.07, 6.45) is 2.62. The third kappa shape index (κ3) is 1.61. The number of hydrogen-bond donors (Lipinski definition) is 1. The molecule has 45 valence electrons. The van der Waals surface area contributed by atoms with E-state index in [-0.39, 0.29) is 0 Å². The molecule has 0 aromatic heterocycles. The average molecular weight is 119 g/mol. The molecule has 0 saturated carbocycles. The molecule has 0 saturated heterocycles. The van der Waals surface area contributed by atoms with Crippen molar-refractivity contribution in [2.45, 2.75) is 0 Å². The molecule has 0 aliphatic rings. The zero-order chi connectivity index (χ0) is 6.53. The van der Waals surface area contributed by atoms with Crippen LogP contribution in [0.1, 0.15) is 5.56 Å². The van der Waals surface area contributed by atoms with E-state index >= 15 is 0 Å². The van der Waals surface area contributed by atoms with Gasteiger partial charge < -0.3 is 5.11 Å². The van der Waals surface area contributed by atoms with E-state index in [1.807, 2.05) is 18.2 Å². The van der Waals surface area contributed by atoms with E-state index in [1.54, 1.807) is 12.1 Å². The van der Waals surface area contributed by atoms with E-state index < -0.39 is 0 Å². The molecule has 0 aliphatic heterocycles. The first-order valence-electron chi connectivity index (χ1n) is 2.70. The van der Waals surface area contributed by atoms with E-state index in [2.05, 4.69) is 6.07 Å². The van der Waals surface area contributed by atoms with Crippen LogP contribution in [-0.2, 0) is 0 Å². The van der Waals surface area contributed by atoms with Crippen LogP contribution >= 0.6 is 0 Å². The second-order valence-corrected chi connectivity index (χ2v) is 1.65. The molecule has 1 aromatic carbocycles. The van der Waals surface area contributed by atoms with Crippen LogP contribution in [0.5, 0.6) is 0 Å². The number of hydrogen-bond acceptors (Lipinski definition) is 1. The molecule has 1 N–H and O–H groups in total. The highest BCUT2D eigenvalue weighted by Gasteiger charge is 1.79. The lowest BCUT2D eigenvalue weighted by Gasteiger charge is -1.85. The second-order valence-electron chi connectivity index (χ2n) is 1.65. The Kier molecular flexibility index (Phi) is 1.91. The summed E-state index contributed by atoms with van der Waals surface area (Å²) in [6.45, 7) is 0. The Bertz CT molecular complexity index is 189. The lowest BCUT2D eigenvalue weighted by Crippen LogP contribution is -1.66. The molecule has 1 heteroatoms. The smallest absolute Gasteiger partial charge is 0.0797 e. The van der Waals surface area contributed by atoms with Crippen LogP contribution in [0.3, 0.4) is 0 Å². The SMILES string of the molecule is OC=Cc1c[c]ccc1. The average Bonchev–Trinajstić information content (AvgIpc) is 1.91. The minimum atomic E-state index is 0.958. The number of aliphatic hydroxyl groups is 1. The Balaban J connectivity index is 2.85. The topological polar surface area (TPSA) is 20.2 Å². The highest BCUT2D eigenvalue weighted by molar-refractivity contribution is 5.46. The zero-order valence-corrected chi connectivity index (χ0v) is 4.91. The Morgan fingerprint density at radius 1 is 1.56 bits per heavy atom. The van der Waals surface area contributed by atoms with Gasteiger partial charge in [-0.05, 0) is 23.8 Å². The molecule has 0 atom stereocenters. The maximum Gasteiger partial charge on any atom is 0.0797 e. The van der Waals surface area contributed by atoms with Crippen molar-refractivity contribution in [3.05, 3.63) is 42.2 Å². The van der Waals surface area contributed by atoms with Crippen molar-refractivity contribution in [3.8, 4) is 0 Å². The summed E-state index contributed by atoms with van der Waals surface area (Å²) in [4.78, 5) is 0. The quantitative estimate of drug-likeness (QED) is 0.560. The van der Waals surface area contributed by atoms with Crippen molar-refractivity contribution in [2.75, 3.05) is 0 Å². The minimum Gasteiger partial charge on any atom is -0.516 e. The Morgan fingerprint density at radius 2 is 2.44 bits per heavy atom. The molecule has 1 aromatic rings. The van der Waals surface area contributed by atoms with E-state index in [9.17, 15) is 0 Å². The lowest BCUT2D eigenvalue weighted by atomic mass is 10.2. The van der Waals surface area contributed by atoms with Crippen molar-refractivity contribution in [1.82, 2.24) is 0 Å². The van der Waals surface area contributed by atoms with Gasteiger partial charge in [0.2, 0.25) is 0 Å². The van der Waals surface area contributed by atoms with Crippen molar-refractivity contribution in [2.24, 2.45) is 0 Å². The summed E-state index contributed by atoms with van der Waals surface area (Å²) in [5.41, 5.74) is 0.958. The molecule has 1 radical (unpaired) electrons. The maximum absolute atomic E-state index is 8.33. The fourth-order valence-electron chi connectivity index (χ4n) is 0.597. The first kappa shape index (κ1) is 5.89. The monoisotopic (exact) mass is 119 g/mol. The number of aliphatic hydroxyl groups excluding tert-OH is 1. The molecule has 0 unspecified atom stereocenters. The van der Waals surface area contributed by atoms with Gasteiger partial charge in [0.25, 0.3) is 0 Å². The van der Waals surface area contributed by atoms with Gasteiger partial charge in [-0.2, -0.15) is 0 Å². The van der Waals surface area contributed by atoms with Gasteiger partial charge in [-0.1, -0.05) is 18.2 Å². The fourth-order valence-corrected chi connectivity index (χ4v) is 0.597. The van der Waals surface area contributed by atoms with Crippen LogP contribution < -0.4 is 0 Å². The molecule has 0 aliphatic carbocycles. The molecule has 1 rings (SSSR count). The van der Waals surface area contributed by atoms with Crippen LogP contribution in [-0.4, -0.2) is 5.11 Å². The first-order valence-corrected chi connectivity index (χ1v) is 2.70. The molecule has 9 heavy (non-hydrogen) atoms. The van der Waals surface area contributed by atoms with Crippen molar-refractivity contribution >= 4 is 6.08 Å². The first-order chi connectivity index (χ1) is 4.43. The third-order valence-corrected chi connectivity index (χ3v) is 0.998. The van der Waals surface area contributed by atoms with Crippen LogP contribution in [0.4, 0.5) is 0 Å². The van der Waals surface area contributed by atoms with Gasteiger partial charge in [0.1, 0.15) is 0 Å². The predicted octanol–water partition coefficient (Wildman–Crippen LogP) is 2.02. The molecule has 0 amide bonds. The van der Waals surface area contributed by atoms with Gasteiger partial charge in [-0.3, -0.25) is 0 Å². The Labute approximate surface area is 54.3 Å². The van der Waals surface area contributed by atoms with E-state index in [4.69, 9.17) is 5.11 Å². The normalized spacial score (nSPS) is 10.2. The Morgan fingerprint density at radius 3 is 3.00 bits per heavy atom. The summed E-state index contributed by atoms with van der Waals surface area (Å²) in [6, 6.07) is 10.3. The van der Waals surface area contributed by atoms with Gasteiger partial charge in [-0.25, -0.2) is 0 Å². The van der Waals surface area contributed by atoms with Gasteiger partial charge in [0.05, 0.1) is 6.26 Å². The highest BCUT2D eigenvalue weighted by Crippen LogP contribution is 1.98. The second kappa shape index (κ2) is 2.92. The summed E-state index contributed by atoms with van der Waals surface area (Å²) < 4.78 is 0. The Hall–Kier alpha value is -1.24. The minimum absolute atomic E-state index is 0.958. The van der Waals surface area contributed by atoms with Crippen molar-refractivity contribution in [1.29, 1.82) is 0 Å². The fraction of sp³-hybridized carbons (Fsp3) is 0. The van der Waals surface area contributed by atoms with Gasteiger partial charge in [0, 0.05) is 0 Å². The van der Waals surface area contributed by atoms with Crippen molar-refractivity contribution in [3.63, 3.8) is 0 Å². The lowest BCUT2D eigenvalue weighted by molar-refractivity contribution is 0.478. The summed E-state index contributed by atoms with van der Waals surface area (Å²) in [5.74, 6) is 0. The predicted molar refractivity (Wildman–Crippen MR) is 36.9 cm³/mol. The number of benzene rings is 1.